The van der Waals surface area contributed by atoms with Crippen molar-refractivity contribution in [3.8, 4) is 0 Å². The second-order valence-corrected chi connectivity index (χ2v) is 8.26. The third-order valence-corrected chi connectivity index (χ3v) is 6.42. The Morgan fingerprint density at radius 2 is 2.07 bits per heavy atom. The standard InChI is InChI=1S/C22H21N3O2S/c1-15-12-16-6-2-3-7-18(16)24(15)14-22(26)25-19(20-8-4-10-27-20)13-17(23-25)21-9-5-11-28-21/h2-11,15,19H,12-14H2,1H3. The number of furan rings is 1. The summed E-state index contributed by atoms with van der Waals surface area (Å²) in [6, 6.07) is 16.3. The van der Waals surface area contributed by atoms with Crippen LogP contribution in [-0.2, 0) is 11.2 Å². The van der Waals surface area contributed by atoms with Crippen molar-refractivity contribution in [3.05, 3.63) is 76.4 Å². The number of para-hydroxylation sites is 1. The molecule has 1 amide bonds. The van der Waals surface area contributed by atoms with E-state index in [1.165, 1.54) is 5.56 Å². The summed E-state index contributed by atoms with van der Waals surface area (Å²) < 4.78 is 5.63. The number of hydrogen-bond donors (Lipinski definition) is 0. The molecule has 0 N–H and O–H groups in total. The fraction of sp³-hybridized carbons (Fsp3) is 0.273. The maximum absolute atomic E-state index is 13.3. The molecule has 2 aromatic heterocycles. The van der Waals surface area contributed by atoms with E-state index in [1.54, 1.807) is 22.6 Å². The first-order valence-electron chi connectivity index (χ1n) is 9.52. The van der Waals surface area contributed by atoms with Gasteiger partial charge in [-0.05, 0) is 48.6 Å². The summed E-state index contributed by atoms with van der Waals surface area (Å²) in [5.74, 6) is 0.773. The van der Waals surface area contributed by atoms with Crippen molar-refractivity contribution in [3.63, 3.8) is 0 Å². The lowest BCUT2D eigenvalue weighted by molar-refractivity contribution is -0.131. The second-order valence-electron chi connectivity index (χ2n) is 7.31. The van der Waals surface area contributed by atoms with Crippen LogP contribution in [0.25, 0.3) is 0 Å². The van der Waals surface area contributed by atoms with Gasteiger partial charge in [-0.2, -0.15) is 5.10 Å². The molecule has 0 fully saturated rings. The van der Waals surface area contributed by atoms with Crippen LogP contribution in [0.5, 0.6) is 0 Å². The van der Waals surface area contributed by atoms with Gasteiger partial charge in [-0.1, -0.05) is 24.3 Å². The van der Waals surface area contributed by atoms with Crippen LogP contribution in [0.1, 0.15) is 35.6 Å². The average Bonchev–Trinajstić information content (AvgIpc) is 3.48. The first-order chi connectivity index (χ1) is 13.7. The predicted molar refractivity (Wildman–Crippen MR) is 111 cm³/mol. The summed E-state index contributed by atoms with van der Waals surface area (Å²) in [5, 5.41) is 8.38. The molecule has 0 saturated carbocycles. The van der Waals surface area contributed by atoms with Crippen LogP contribution in [0.4, 0.5) is 5.69 Å². The molecular formula is C22H21N3O2S. The van der Waals surface area contributed by atoms with Crippen molar-refractivity contribution >= 4 is 28.6 Å². The SMILES string of the molecule is CC1Cc2ccccc2N1CC(=O)N1N=C(c2cccs2)CC1c1ccco1. The average molecular weight is 391 g/mol. The maximum Gasteiger partial charge on any atom is 0.262 e. The van der Waals surface area contributed by atoms with E-state index in [4.69, 9.17) is 9.52 Å². The van der Waals surface area contributed by atoms with E-state index in [0.717, 1.165) is 28.5 Å². The molecule has 28 heavy (non-hydrogen) atoms. The molecule has 4 heterocycles. The van der Waals surface area contributed by atoms with Crippen LogP contribution in [0.3, 0.4) is 0 Å². The van der Waals surface area contributed by atoms with Crippen molar-refractivity contribution in [1.29, 1.82) is 0 Å². The maximum atomic E-state index is 13.3. The van der Waals surface area contributed by atoms with Gasteiger partial charge < -0.3 is 9.32 Å². The van der Waals surface area contributed by atoms with E-state index < -0.39 is 0 Å². The number of rotatable bonds is 4. The van der Waals surface area contributed by atoms with Gasteiger partial charge in [-0.3, -0.25) is 4.79 Å². The zero-order valence-electron chi connectivity index (χ0n) is 15.6. The Balaban J connectivity index is 1.43. The number of carbonyl (C=O) groups excluding carboxylic acids is 1. The van der Waals surface area contributed by atoms with Gasteiger partial charge in [0.25, 0.3) is 5.91 Å². The van der Waals surface area contributed by atoms with E-state index >= 15 is 0 Å². The van der Waals surface area contributed by atoms with Gasteiger partial charge in [0.05, 0.1) is 23.4 Å². The molecule has 142 valence electrons. The van der Waals surface area contributed by atoms with Gasteiger partial charge in [0.2, 0.25) is 0 Å². The van der Waals surface area contributed by atoms with Gasteiger partial charge in [0.15, 0.2) is 0 Å². The third kappa shape index (κ3) is 2.94. The molecule has 1 aromatic carbocycles. The van der Waals surface area contributed by atoms with Crippen LogP contribution < -0.4 is 4.90 Å². The zero-order chi connectivity index (χ0) is 19.1. The van der Waals surface area contributed by atoms with Crippen molar-refractivity contribution in [2.45, 2.75) is 31.8 Å². The van der Waals surface area contributed by atoms with Crippen molar-refractivity contribution in [2.24, 2.45) is 5.10 Å². The fourth-order valence-electron chi connectivity index (χ4n) is 4.12. The highest BCUT2D eigenvalue weighted by Gasteiger charge is 2.37. The van der Waals surface area contributed by atoms with Crippen molar-refractivity contribution < 1.29 is 9.21 Å². The molecule has 0 bridgehead atoms. The topological polar surface area (TPSA) is 49.1 Å². The number of nitrogens with zero attached hydrogens (tertiary/aromatic N) is 3. The first-order valence-corrected chi connectivity index (χ1v) is 10.4. The van der Waals surface area contributed by atoms with E-state index in [2.05, 4.69) is 36.1 Å². The Morgan fingerprint density at radius 3 is 2.86 bits per heavy atom. The minimum atomic E-state index is -0.187. The quantitative estimate of drug-likeness (QED) is 0.659. The number of hydrogen-bond acceptors (Lipinski definition) is 5. The molecule has 0 aliphatic carbocycles. The fourth-order valence-corrected chi connectivity index (χ4v) is 4.84. The van der Waals surface area contributed by atoms with Crippen LogP contribution in [0.2, 0.25) is 0 Å². The molecule has 2 aliphatic heterocycles. The monoisotopic (exact) mass is 391 g/mol. The predicted octanol–water partition coefficient (Wildman–Crippen LogP) is 4.47. The lowest BCUT2D eigenvalue weighted by atomic mass is 10.1. The van der Waals surface area contributed by atoms with Crippen LogP contribution >= 0.6 is 11.3 Å². The Hall–Kier alpha value is -2.86. The minimum Gasteiger partial charge on any atom is -0.467 e. The normalized spacial score (nSPS) is 21.1. The van der Waals surface area contributed by atoms with E-state index in [1.807, 2.05) is 29.6 Å². The number of benzene rings is 1. The molecule has 0 saturated heterocycles. The summed E-state index contributed by atoms with van der Waals surface area (Å²) in [7, 11) is 0. The van der Waals surface area contributed by atoms with Crippen molar-refractivity contribution in [1.82, 2.24) is 5.01 Å². The molecule has 6 heteroatoms. The van der Waals surface area contributed by atoms with E-state index in [9.17, 15) is 4.79 Å². The van der Waals surface area contributed by atoms with Crippen molar-refractivity contribution in [2.75, 3.05) is 11.4 Å². The van der Waals surface area contributed by atoms with Gasteiger partial charge >= 0.3 is 0 Å². The number of amides is 1. The Bertz CT molecular complexity index is 1010. The third-order valence-electron chi connectivity index (χ3n) is 5.50. The van der Waals surface area contributed by atoms with Crippen LogP contribution in [-0.4, -0.2) is 29.2 Å². The van der Waals surface area contributed by atoms with Gasteiger partial charge in [0.1, 0.15) is 11.8 Å². The molecule has 2 aliphatic rings. The Kier molecular flexibility index (Phi) is 4.28. The molecule has 5 rings (SSSR count). The smallest absolute Gasteiger partial charge is 0.262 e. The molecule has 3 aromatic rings. The van der Waals surface area contributed by atoms with E-state index in [0.29, 0.717) is 19.0 Å². The van der Waals surface area contributed by atoms with E-state index in [-0.39, 0.29) is 11.9 Å². The summed E-state index contributed by atoms with van der Waals surface area (Å²) in [5.41, 5.74) is 3.40. The molecule has 2 atom stereocenters. The molecule has 0 spiro atoms. The van der Waals surface area contributed by atoms with Crippen LogP contribution in [0, 0.1) is 0 Å². The lowest BCUT2D eigenvalue weighted by Gasteiger charge is -2.27. The summed E-state index contributed by atoms with van der Waals surface area (Å²) >= 11 is 1.65. The number of anilines is 1. The Labute approximate surface area is 167 Å². The van der Waals surface area contributed by atoms with Crippen LogP contribution in [0.15, 0.2) is 69.7 Å². The highest BCUT2D eigenvalue weighted by molar-refractivity contribution is 7.12. The number of thiophene rings is 1. The zero-order valence-corrected chi connectivity index (χ0v) is 16.4. The van der Waals surface area contributed by atoms with Gasteiger partial charge in [-0.25, -0.2) is 5.01 Å². The highest BCUT2D eigenvalue weighted by Crippen LogP contribution is 2.36. The Morgan fingerprint density at radius 1 is 1.18 bits per heavy atom. The molecule has 2 unspecified atom stereocenters. The minimum absolute atomic E-state index is 0.00323. The lowest BCUT2D eigenvalue weighted by Crippen LogP contribution is -2.40. The second kappa shape index (κ2) is 6.95. The molecule has 5 nitrogen and oxygen atoms in total. The summed E-state index contributed by atoms with van der Waals surface area (Å²) in [6.45, 7) is 2.48. The largest absolute Gasteiger partial charge is 0.467 e. The number of hydrazone groups is 1. The highest BCUT2D eigenvalue weighted by atomic mass is 32.1. The summed E-state index contributed by atoms with van der Waals surface area (Å²) in [6.07, 6.45) is 3.29. The summed E-state index contributed by atoms with van der Waals surface area (Å²) in [4.78, 5) is 16.6. The van der Waals surface area contributed by atoms with Gasteiger partial charge in [0, 0.05) is 18.2 Å². The number of fused-ring (bicyclic) bond motifs is 1. The molecule has 0 radical (unpaired) electrons. The van der Waals surface area contributed by atoms with Gasteiger partial charge in [-0.15, -0.1) is 11.3 Å². The number of carbonyl (C=O) groups is 1. The first kappa shape index (κ1) is 17.3. The molecular weight excluding hydrogens is 370 g/mol.